The average molecular weight is 428 g/mol. The van der Waals surface area contributed by atoms with Crippen molar-refractivity contribution in [1.82, 2.24) is 15.2 Å². The standard InChI is InChI=1S/C27H29N3O2/c1-26(21-12-5-3-6-13-21,22-14-7-4-8-15-22)25(32)30-19-11-17-27(20-30,24(31)28-2)23-16-9-10-18-29-23/h3-10,12-16,18H,11,17,19-20H2,1-2H3,(H,28,31). The summed E-state index contributed by atoms with van der Waals surface area (Å²) < 4.78 is 0. The molecule has 32 heavy (non-hydrogen) atoms. The van der Waals surface area contributed by atoms with Crippen LogP contribution in [0.3, 0.4) is 0 Å². The van der Waals surface area contributed by atoms with Crippen molar-refractivity contribution in [3.63, 3.8) is 0 Å². The summed E-state index contributed by atoms with van der Waals surface area (Å²) in [4.78, 5) is 33.8. The zero-order valence-corrected chi connectivity index (χ0v) is 18.6. The van der Waals surface area contributed by atoms with Gasteiger partial charge < -0.3 is 10.2 Å². The molecule has 164 valence electrons. The Morgan fingerprint density at radius 2 is 1.53 bits per heavy atom. The fourth-order valence-corrected chi connectivity index (χ4v) is 4.90. The van der Waals surface area contributed by atoms with Crippen LogP contribution >= 0.6 is 0 Å². The lowest BCUT2D eigenvalue weighted by Gasteiger charge is -2.44. The molecule has 1 unspecified atom stereocenters. The maximum Gasteiger partial charge on any atom is 0.237 e. The number of rotatable bonds is 5. The SMILES string of the molecule is CNC(=O)C1(c2ccccn2)CCCN(C(=O)C(C)(c2ccccc2)c2ccccc2)C1. The van der Waals surface area contributed by atoms with E-state index in [2.05, 4.69) is 10.3 Å². The highest BCUT2D eigenvalue weighted by Crippen LogP contribution is 2.38. The quantitative estimate of drug-likeness (QED) is 0.675. The van der Waals surface area contributed by atoms with Crippen molar-refractivity contribution >= 4 is 11.8 Å². The van der Waals surface area contributed by atoms with Crippen molar-refractivity contribution in [2.75, 3.05) is 20.1 Å². The Morgan fingerprint density at radius 3 is 2.06 bits per heavy atom. The lowest BCUT2D eigenvalue weighted by atomic mass is 9.72. The topological polar surface area (TPSA) is 62.3 Å². The van der Waals surface area contributed by atoms with E-state index in [9.17, 15) is 9.59 Å². The van der Waals surface area contributed by atoms with Crippen LogP contribution in [0.4, 0.5) is 0 Å². The molecule has 1 aromatic heterocycles. The second kappa shape index (κ2) is 8.95. The monoisotopic (exact) mass is 427 g/mol. The van der Waals surface area contributed by atoms with Gasteiger partial charge in [0.05, 0.1) is 11.1 Å². The highest BCUT2D eigenvalue weighted by Gasteiger charge is 2.49. The molecule has 0 bridgehead atoms. The van der Waals surface area contributed by atoms with Crippen LogP contribution < -0.4 is 5.32 Å². The van der Waals surface area contributed by atoms with E-state index >= 15 is 0 Å². The van der Waals surface area contributed by atoms with Crippen LogP contribution in [-0.2, 0) is 20.4 Å². The van der Waals surface area contributed by atoms with E-state index in [0.29, 0.717) is 25.2 Å². The Hall–Kier alpha value is -3.47. The van der Waals surface area contributed by atoms with Gasteiger partial charge in [0.1, 0.15) is 5.41 Å². The second-order valence-corrected chi connectivity index (χ2v) is 8.56. The molecule has 2 aromatic carbocycles. The van der Waals surface area contributed by atoms with Crippen molar-refractivity contribution in [1.29, 1.82) is 0 Å². The van der Waals surface area contributed by atoms with Crippen molar-refractivity contribution < 1.29 is 9.59 Å². The summed E-state index contributed by atoms with van der Waals surface area (Å²) in [6, 6.07) is 25.4. The van der Waals surface area contributed by atoms with Gasteiger partial charge >= 0.3 is 0 Å². The second-order valence-electron chi connectivity index (χ2n) is 8.56. The van der Waals surface area contributed by atoms with Crippen LogP contribution in [0.2, 0.25) is 0 Å². The molecule has 5 nitrogen and oxygen atoms in total. The molecule has 5 heteroatoms. The molecule has 0 aliphatic carbocycles. The number of likely N-dealkylation sites (N-methyl/N-ethyl adjacent to an activating group) is 1. The molecule has 2 amide bonds. The predicted molar refractivity (Wildman–Crippen MR) is 125 cm³/mol. The molecule has 0 spiro atoms. The highest BCUT2D eigenvalue weighted by atomic mass is 16.2. The van der Waals surface area contributed by atoms with Crippen LogP contribution in [0.15, 0.2) is 85.1 Å². The number of nitrogens with zero attached hydrogens (tertiary/aromatic N) is 2. The number of carbonyl (C=O) groups is 2. The van der Waals surface area contributed by atoms with Gasteiger partial charge in [-0.15, -0.1) is 0 Å². The minimum Gasteiger partial charge on any atom is -0.358 e. The lowest BCUT2D eigenvalue weighted by Crippen LogP contribution is -2.58. The van der Waals surface area contributed by atoms with Gasteiger partial charge in [-0.3, -0.25) is 14.6 Å². The summed E-state index contributed by atoms with van der Waals surface area (Å²) in [5.74, 6) is -0.103. The molecule has 0 radical (unpaired) electrons. The fourth-order valence-electron chi connectivity index (χ4n) is 4.90. The van der Waals surface area contributed by atoms with Crippen molar-refractivity contribution in [3.05, 3.63) is 102 Å². The number of likely N-dealkylation sites (tertiary alicyclic amines) is 1. The van der Waals surface area contributed by atoms with E-state index in [1.54, 1.807) is 13.2 Å². The molecule has 3 aromatic rings. The minimum atomic E-state index is -0.863. The van der Waals surface area contributed by atoms with Gasteiger partial charge in [-0.25, -0.2) is 0 Å². The van der Waals surface area contributed by atoms with Crippen molar-refractivity contribution in [2.24, 2.45) is 0 Å². The largest absolute Gasteiger partial charge is 0.358 e. The Balaban J connectivity index is 1.77. The molecule has 1 N–H and O–H groups in total. The first-order valence-electron chi connectivity index (χ1n) is 11.1. The molecule has 2 heterocycles. The van der Waals surface area contributed by atoms with Crippen LogP contribution in [0.25, 0.3) is 0 Å². The molecule has 4 rings (SSSR count). The first-order chi connectivity index (χ1) is 15.5. The number of carbonyl (C=O) groups excluding carboxylic acids is 2. The summed E-state index contributed by atoms with van der Waals surface area (Å²) in [6.07, 6.45) is 3.09. The van der Waals surface area contributed by atoms with Gasteiger partial charge in [0, 0.05) is 26.3 Å². The summed E-state index contributed by atoms with van der Waals surface area (Å²) in [5.41, 5.74) is 0.852. The Kier molecular flexibility index (Phi) is 6.08. The number of amides is 2. The summed E-state index contributed by atoms with van der Waals surface area (Å²) in [6.45, 7) is 2.90. The molecule has 1 aliphatic heterocycles. The lowest BCUT2D eigenvalue weighted by molar-refractivity contribution is -0.140. The van der Waals surface area contributed by atoms with Crippen LogP contribution in [0, 0.1) is 0 Å². The Labute approximate surface area is 189 Å². The fraction of sp³-hybridized carbons (Fsp3) is 0.296. The number of benzene rings is 2. The van der Waals surface area contributed by atoms with Gasteiger partial charge in [-0.1, -0.05) is 66.7 Å². The average Bonchev–Trinajstić information content (AvgIpc) is 2.88. The number of hydrogen-bond acceptors (Lipinski definition) is 3. The molecule has 1 fully saturated rings. The first-order valence-corrected chi connectivity index (χ1v) is 11.1. The summed E-state index contributed by atoms with van der Waals surface area (Å²) >= 11 is 0. The van der Waals surface area contributed by atoms with Gasteiger partial charge in [-0.2, -0.15) is 0 Å². The normalized spacial score (nSPS) is 18.8. The zero-order valence-electron chi connectivity index (χ0n) is 18.6. The summed E-state index contributed by atoms with van der Waals surface area (Å²) in [5, 5.41) is 2.82. The Morgan fingerprint density at radius 1 is 0.938 bits per heavy atom. The van der Waals surface area contributed by atoms with Gasteiger partial charge in [0.15, 0.2) is 0 Å². The van der Waals surface area contributed by atoms with E-state index in [1.807, 2.05) is 90.7 Å². The number of nitrogens with one attached hydrogen (secondary N) is 1. The van der Waals surface area contributed by atoms with Gasteiger partial charge in [-0.05, 0) is 43.0 Å². The van der Waals surface area contributed by atoms with Gasteiger partial charge in [0.25, 0.3) is 0 Å². The van der Waals surface area contributed by atoms with E-state index in [1.165, 1.54) is 0 Å². The van der Waals surface area contributed by atoms with Crippen LogP contribution in [-0.4, -0.2) is 41.8 Å². The van der Waals surface area contributed by atoms with Crippen LogP contribution in [0.5, 0.6) is 0 Å². The number of pyridine rings is 1. The smallest absolute Gasteiger partial charge is 0.237 e. The third-order valence-corrected chi connectivity index (χ3v) is 6.73. The van der Waals surface area contributed by atoms with E-state index < -0.39 is 10.8 Å². The van der Waals surface area contributed by atoms with Crippen molar-refractivity contribution in [2.45, 2.75) is 30.6 Å². The third-order valence-electron chi connectivity index (χ3n) is 6.73. The molecule has 0 saturated carbocycles. The molecule has 1 aliphatic rings. The Bertz CT molecular complexity index is 1030. The number of hydrogen-bond donors (Lipinski definition) is 1. The highest BCUT2D eigenvalue weighted by molar-refractivity contribution is 5.94. The summed E-state index contributed by atoms with van der Waals surface area (Å²) in [7, 11) is 1.64. The maximum atomic E-state index is 14.2. The van der Waals surface area contributed by atoms with Crippen molar-refractivity contribution in [3.8, 4) is 0 Å². The minimum absolute atomic E-state index is 0.00110. The number of piperidine rings is 1. The molecular formula is C27H29N3O2. The number of aromatic nitrogens is 1. The predicted octanol–water partition coefficient (Wildman–Crippen LogP) is 3.69. The zero-order chi connectivity index (χ0) is 22.6. The van der Waals surface area contributed by atoms with E-state index in [0.717, 1.165) is 17.5 Å². The first kappa shape index (κ1) is 21.8. The molecular weight excluding hydrogens is 398 g/mol. The molecule has 1 saturated heterocycles. The third kappa shape index (κ3) is 3.68. The van der Waals surface area contributed by atoms with Gasteiger partial charge in [0.2, 0.25) is 11.8 Å². The maximum absolute atomic E-state index is 14.2. The van der Waals surface area contributed by atoms with E-state index in [-0.39, 0.29) is 11.8 Å². The van der Waals surface area contributed by atoms with Crippen LogP contribution in [0.1, 0.15) is 36.6 Å². The molecule has 1 atom stereocenters. The van der Waals surface area contributed by atoms with E-state index in [4.69, 9.17) is 0 Å².